The maximum Gasteiger partial charge on any atom is 0.269 e. The Hall–Kier alpha value is -2.25. The van der Waals surface area contributed by atoms with Gasteiger partial charge < -0.3 is 5.73 Å². The highest BCUT2D eigenvalue weighted by molar-refractivity contribution is 9.10. The van der Waals surface area contributed by atoms with Gasteiger partial charge in [0.2, 0.25) is 5.91 Å². The molecule has 23 heavy (non-hydrogen) atoms. The first kappa shape index (κ1) is 17.1. The molecule has 2 aromatic carbocycles. The number of primary amides is 1. The summed E-state index contributed by atoms with van der Waals surface area (Å²) in [5, 5.41) is 10.9. The molecule has 120 valence electrons. The molecule has 0 aliphatic rings. The molecule has 0 saturated carbocycles. The lowest BCUT2D eigenvalue weighted by atomic mass is 10.0. The molecular weight excluding hydrogens is 362 g/mol. The number of nitro groups is 1. The molecule has 0 unspecified atom stereocenters. The molecule has 0 bridgehead atoms. The van der Waals surface area contributed by atoms with Crippen LogP contribution in [-0.4, -0.2) is 22.8 Å². The maximum atomic E-state index is 11.9. The van der Waals surface area contributed by atoms with E-state index in [9.17, 15) is 14.9 Å². The van der Waals surface area contributed by atoms with Gasteiger partial charge in [0.15, 0.2) is 0 Å². The fraction of sp³-hybridized carbons (Fsp3) is 0.188. The number of amides is 1. The fourth-order valence-corrected chi connectivity index (χ4v) is 2.88. The van der Waals surface area contributed by atoms with Crippen molar-refractivity contribution in [2.75, 3.05) is 7.05 Å². The Bertz CT molecular complexity index is 736. The number of non-ortho nitro benzene ring substituents is 1. The molecule has 0 heterocycles. The lowest BCUT2D eigenvalue weighted by Gasteiger charge is -2.26. The number of rotatable bonds is 6. The number of nitrogens with two attached hydrogens (primary N) is 1. The quantitative estimate of drug-likeness (QED) is 0.618. The molecule has 1 atom stereocenters. The predicted octanol–water partition coefficient (Wildman–Crippen LogP) is 3.02. The predicted molar refractivity (Wildman–Crippen MR) is 90.6 cm³/mol. The van der Waals surface area contributed by atoms with E-state index in [-0.39, 0.29) is 5.69 Å². The topological polar surface area (TPSA) is 89.5 Å². The number of nitrogens with zero attached hydrogens (tertiary/aromatic N) is 2. The van der Waals surface area contributed by atoms with Gasteiger partial charge in [-0.15, -0.1) is 0 Å². The van der Waals surface area contributed by atoms with Crippen LogP contribution in [0.5, 0.6) is 0 Å². The van der Waals surface area contributed by atoms with Crippen molar-refractivity contribution in [1.29, 1.82) is 0 Å². The van der Waals surface area contributed by atoms with Crippen LogP contribution in [0.25, 0.3) is 0 Å². The van der Waals surface area contributed by atoms with Crippen molar-refractivity contribution in [2.24, 2.45) is 5.73 Å². The molecule has 7 heteroatoms. The number of hydrogen-bond donors (Lipinski definition) is 1. The smallest absolute Gasteiger partial charge is 0.269 e. The molecule has 1 amide bonds. The minimum atomic E-state index is -0.619. The van der Waals surface area contributed by atoms with Crippen molar-refractivity contribution in [3.8, 4) is 0 Å². The monoisotopic (exact) mass is 377 g/mol. The van der Waals surface area contributed by atoms with Crippen LogP contribution in [0, 0.1) is 10.1 Å². The number of halogens is 1. The Balaban J connectivity index is 2.25. The summed E-state index contributed by atoms with van der Waals surface area (Å²) in [6, 6.07) is 13.1. The summed E-state index contributed by atoms with van der Waals surface area (Å²) in [6.45, 7) is 0.363. The molecule has 0 saturated heterocycles. The number of likely N-dealkylation sites (N-methyl/N-ethyl adjacent to an activating group) is 1. The summed E-state index contributed by atoms with van der Waals surface area (Å²) in [4.78, 5) is 24.1. The molecule has 0 aromatic heterocycles. The van der Waals surface area contributed by atoms with E-state index in [1.807, 2.05) is 24.3 Å². The first-order valence-electron chi connectivity index (χ1n) is 6.87. The maximum absolute atomic E-state index is 11.9. The van der Waals surface area contributed by atoms with Crippen LogP contribution in [0.2, 0.25) is 0 Å². The lowest BCUT2D eigenvalue weighted by molar-refractivity contribution is -0.384. The largest absolute Gasteiger partial charge is 0.368 e. The Morgan fingerprint density at radius 2 is 2.00 bits per heavy atom. The van der Waals surface area contributed by atoms with E-state index >= 15 is 0 Å². The van der Waals surface area contributed by atoms with Gasteiger partial charge >= 0.3 is 0 Å². The lowest BCUT2D eigenvalue weighted by Crippen LogP contribution is -2.35. The third kappa shape index (κ3) is 4.37. The summed E-state index contributed by atoms with van der Waals surface area (Å²) < 4.78 is 0.852. The fourth-order valence-electron chi connectivity index (χ4n) is 2.46. The molecule has 0 aliphatic carbocycles. The van der Waals surface area contributed by atoms with Crippen molar-refractivity contribution in [1.82, 2.24) is 4.90 Å². The van der Waals surface area contributed by atoms with Crippen molar-refractivity contribution >= 4 is 27.5 Å². The third-order valence-electron chi connectivity index (χ3n) is 3.43. The molecule has 0 spiro atoms. The standard InChI is InChI=1S/C16H16BrN3O3/c1-19(10-11-4-2-7-14(8-11)20(22)23)15(16(18)21)12-5-3-6-13(17)9-12/h2-9,15H,10H2,1H3,(H2,18,21)/t15-/m0/s1. The van der Waals surface area contributed by atoms with E-state index in [0.717, 1.165) is 15.6 Å². The number of carbonyl (C=O) groups excluding carboxylic acids is 1. The zero-order valence-electron chi connectivity index (χ0n) is 12.5. The first-order chi connectivity index (χ1) is 10.9. The number of hydrogen-bond acceptors (Lipinski definition) is 4. The van der Waals surface area contributed by atoms with Crippen LogP contribution in [0.1, 0.15) is 17.2 Å². The van der Waals surface area contributed by atoms with E-state index in [2.05, 4.69) is 15.9 Å². The molecule has 0 fully saturated rings. The van der Waals surface area contributed by atoms with E-state index in [0.29, 0.717) is 6.54 Å². The van der Waals surface area contributed by atoms with Gasteiger partial charge in [0, 0.05) is 23.2 Å². The summed E-state index contributed by atoms with van der Waals surface area (Å²) in [6.07, 6.45) is 0. The van der Waals surface area contributed by atoms with Crippen LogP contribution in [0.4, 0.5) is 5.69 Å². The van der Waals surface area contributed by atoms with Crippen molar-refractivity contribution in [3.63, 3.8) is 0 Å². The average Bonchev–Trinajstić information content (AvgIpc) is 2.47. The molecule has 2 rings (SSSR count). The second kappa shape index (κ2) is 7.34. The molecule has 2 N–H and O–H groups in total. The van der Waals surface area contributed by atoms with Crippen LogP contribution < -0.4 is 5.73 Å². The van der Waals surface area contributed by atoms with Crippen LogP contribution >= 0.6 is 15.9 Å². The van der Waals surface area contributed by atoms with E-state index in [1.165, 1.54) is 12.1 Å². The SMILES string of the molecule is CN(Cc1cccc([N+](=O)[O-])c1)[C@H](C(N)=O)c1cccc(Br)c1. The Morgan fingerprint density at radius 3 is 2.61 bits per heavy atom. The van der Waals surface area contributed by atoms with Crippen molar-refractivity contribution in [2.45, 2.75) is 12.6 Å². The summed E-state index contributed by atoms with van der Waals surface area (Å²) in [5.41, 5.74) is 7.07. The van der Waals surface area contributed by atoms with Gasteiger partial charge in [-0.05, 0) is 30.3 Å². The summed E-state index contributed by atoms with van der Waals surface area (Å²) in [7, 11) is 1.76. The van der Waals surface area contributed by atoms with Gasteiger partial charge in [-0.1, -0.05) is 40.2 Å². The minimum absolute atomic E-state index is 0.0222. The van der Waals surface area contributed by atoms with Gasteiger partial charge in [0.25, 0.3) is 5.69 Å². The van der Waals surface area contributed by atoms with Crippen LogP contribution in [-0.2, 0) is 11.3 Å². The summed E-state index contributed by atoms with van der Waals surface area (Å²) >= 11 is 3.38. The van der Waals surface area contributed by atoms with Gasteiger partial charge in [-0.25, -0.2) is 0 Å². The van der Waals surface area contributed by atoms with E-state index in [1.54, 1.807) is 24.1 Å². The number of benzene rings is 2. The zero-order valence-corrected chi connectivity index (χ0v) is 14.1. The normalized spacial score (nSPS) is 12.1. The van der Waals surface area contributed by atoms with Gasteiger partial charge in [0.05, 0.1) is 4.92 Å². The van der Waals surface area contributed by atoms with E-state index < -0.39 is 16.9 Å². The third-order valence-corrected chi connectivity index (χ3v) is 3.92. The highest BCUT2D eigenvalue weighted by Gasteiger charge is 2.23. The highest BCUT2D eigenvalue weighted by Crippen LogP contribution is 2.24. The van der Waals surface area contributed by atoms with Gasteiger partial charge in [-0.3, -0.25) is 19.8 Å². The van der Waals surface area contributed by atoms with Gasteiger partial charge in [0.1, 0.15) is 6.04 Å². The van der Waals surface area contributed by atoms with Crippen molar-refractivity contribution < 1.29 is 9.72 Å². The summed E-state index contributed by atoms with van der Waals surface area (Å²) in [5.74, 6) is -0.476. The molecule has 6 nitrogen and oxygen atoms in total. The Kier molecular flexibility index (Phi) is 5.46. The Morgan fingerprint density at radius 1 is 1.30 bits per heavy atom. The average molecular weight is 378 g/mol. The van der Waals surface area contributed by atoms with Crippen LogP contribution in [0.15, 0.2) is 53.0 Å². The van der Waals surface area contributed by atoms with Crippen molar-refractivity contribution in [3.05, 3.63) is 74.2 Å². The molecular formula is C16H16BrN3O3. The van der Waals surface area contributed by atoms with Crippen LogP contribution in [0.3, 0.4) is 0 Å². The second-order valence-electron chi connectivity index (χ2n) is 5.20. The number of nitro benzene ring substituents is 1. The Labute approximate surface area is 142 Å². The minimum Gasteiger partial charge on any atom is -0.368 e. The second-order valence-corrected chi connectivity index (χ2v) is 6.12. The van der Waals surface area contributed by atoms with Gasteiger partial charge in [-0.2, -0.15) is 0 Å². The van der Waals surface area contributed by atoms with E-state index in [4.69, 9.17) is 5.73 Å². The first-order valence-corrected chi connectivity index (χ1v) is 7.66. The molecule has 2 aromatic rings. The zero-order chi connectivity index (χ0) is 17.0. The molecule has 0 aliphatic heterocycles. The number of carbonyl (C=O) groups is 1. The highest BCUT2D eigenvalue weighted by atomic mass is 79.9. The molecule has 0 radical (unpaired) electrons.